The van der Waals surface area contributed by atoms with Crippen molar-refractivity contribution in [1.82, 2.24) is 10.2 Å². The quantitative estimate of drug-likeness (QED) is 0.336. The fourth-order valence-corrected chi connectivity index (χ4v) is 5.17. The highest BCUT2D eigenvalue weighted by atomic mass is 35.5. The molecule has 5 unspecified atom stereocenters. The lowest BCUT2D eigenvalue weighted by Gasteiger charge is -2.37. The summed E-state index contributed by atoms with van der Waals surface area (Å²) < 4.78 is 5.51. The first-order valence-electron chi connectivity index (χ1n) is 14.1. The summed E-state index contributed by atoms with van der Waals surface area (Å²) in [5.41, 5.74) is 3.25. The van der Waals surface area contributed by atoms with Crippen molar-refractivity contribution in [2.75, 3.05) is 5.32 Å². The molecule has 8 heteroatoms. The average Bonchev–Trinajstić information content (AvgIpc) is 3.58. The van der Waals surface area contributed by atoms with Crippen LogP contribution in [0.5, 0.6) is 0 Å². The minimum Gasteiger partial charge on any atom is -0.444 e. The van der Waals surface area contributed by atoms with Crippen LogP contribution in [0.1, 0.15) is 82.7 Å². The normalized spacial score (nSPS) is 18.8. The highest BCUT2D eigenvalue weighted by Crippen LogP contribution is 2.42. The van der Waals surface area contributed by atoms with Gasteiger partial charge < -0.3 is 20.3 Å². The lowest BCUT2D eigenvalue weighted by molar-refractivity contribution is -0.142. The molecule has 0 heterocycles. The molecule has 2 N–H and O–H groups in total. The monoisotopic (exact) mass is 569 g/mol. The van der Waals surface area contributed by atoms with Crippen molar-refractivity contribution in [1.29, 1.82) is 0 Å². The van der Waals surface area contributed by atoms with Gasteiger partial charge in [0.25, 0.3) is 5.91 Å². The number of hydrogen-bond donors (Lipinski definition) is 2. The zero-order valence-electron chi connectivity index (χ0n) is 25.2. The van der Waals surface area contributed by atoms with Crippen molar-refractivity contribution in [3.8, 4) is 0 Å². The molecule has 1 aliphatic carbocycles. The van der Waals surface area contributed by atoms with Gasteiger partial charge in [-0.3, -0.25) is 9.59 Å². The molecule has 0 radical (unpaired) electrons. The molecule has 0 bridgehead atoms. The Morgan fingerprint density at radius 1 is 1.10 bits per heavy atom. The summed E-state index contributed by atoms with van der Waals surface area (Å²) in [6.45, 7) is 17.1. The van der Waals surface area contributed by atoms with Crippen LogP contribution in [-0.4, -0.2) is 40.5 Å². The zero-order valence-corrected chi connectivity index (χ0v) is 26.0. The third-order valence-electron chi connectivity index (χ3n) is 7.56. The maximum absolute atomic E-state index is 14.5. The maximum atomic E-state index is 14.5. The summed E-state index contributed by atoms with van der Waals surface area (Å²) >= 11 is 6.49. The van der Waals surface area contributed by atoms with Gasteiger partial charge in [-0.2, -0.15) is 0 Å². The Kier molecular flexibility index (Phi) is 9.94. The Labute approximate surface area is 244 Å². The number of halogens is 1. The van der Waals surface area contributed by atoms with E-state index in [1.807, 2.05) is 65.0 Å². The van der Waals surface area contributed by atoms with Gasteiger partial charge in [0.15, 0.2) is 0 Å². The Balaban J connectivity index is 2.12. The van der Waals surface area contributed by atoms with Crippen LogP contribution in [0.2, 0.25) is 5.02 Å². The average molecular weight is 570 g/mol. The number of nitrogens with zero attached hydrogens (tertiary/aromatic N) is 1. The number of carbonyl (C=O) groups is 3. The van der Waals surface area contributed by atoms with Crippen molar-refractivity contribution < 1.29 is 19.1 Å². The number of nitrogens with one attached hydrogen (secondary N) is 2. The van der Waals surface area contributed by atoms with E-state index in [-0.39, 0.29) is 29.7 Å². The predicted molar refractivity (Wildman–Crippen MR) is 161 cm³/mol. The van der Waals surface area contributed by atoms with Crippen LogP contribution in [0.3, 0.4) is 0 Å². The van der Waals surface area contributed by atoms with Gasteiger partial charge in [-0.05, 0) is 82.6 Å². The summed E-state index contributed by atoms with van der Waals surface area (Å²) in [4.78, 5) is 43.3. The molecular weight excluding hydrogens is 526 g/mol. The number of para-hydroxylation sites is 1. The molecular formula is C32H44ClN3O4. The number of hydrogen-bond acceptors (Lipinski definition) is 4. The van der Waals surface area contributed by atoms with Gasteiger partial charge in [-0.1, -0.05) is 74.7 Å². The number of carbonyl (C=O) groups excluding carboxylic acids is 3. The van der Waals surface area contributed by atoms with Gasteiger partial charge in [0.1, 0.15) is 17.7 Å². The van der Waals surface area contributed by atoms with E-state index in [0.29, 0.717) is 17.1 Å². The zero-order chi connectivity index (χ0) is 29.9. The van der Waals surface area contributed by atoms with E-state index in [2.05, 4.69) is 17.6 Å². The first-order valence-corrected chi connectivity index (χ1v) is 14.5. The van der Waals surface area contributed by atoms with E-state index in [1.54, 1.807) is 31.7 Å². The second kappa shape index (κ2) is 12.6. The van der Waals surface area contributed by atoms with Crippen molar-refractivity contribution in [2.45, 2.75) is 98.9 Å². The van der Waals surface area contributed by atoms with Crippen LogP contribution in [0, 0.1) is 32.6 Å². The molecule has 218 valence electrons. The van der Waals surface area contributed by atoms with E-state index >= 15 is 0 Å². The largest absolute Gasteiger partial charge is 0.444 e. The highest BCUT2D eigenvalue weighted by Gasteiger charge is 2.49. The van der Waals surface area contributed by atoms with Crippen LogP contribution in [0.25, 0.3) is 0 Å². The predicted octanol–water partition coefficient (Wildman–Crippen LogP) is 7.12. The van der Waals surface area contributed by atoms with Crippen LogP contribution in [0.4, 0.5) is 10.5 Å². The van der Waals surface area contributed by atoms with E-state index < -0.39 is 23.8 Å². The lowest BCUT2D eigenvalue weighted by atomic mass is 9.93. The molecule has 1 fully saturated rings. The molecule has 40 heavy (non-hydrogen) atoms. The first kappa shape index (κ1) is 31.5. The number of anilines is 1. The highest BCUT2D eigenvalue weighted by molar-refractivity contribution is 6.34. The van der Waals surface area contributed by atoms with Crippen LogP contribution in [-0.2, 0) is 14.3 Å². The second-order valence-corrected chi connectivity index (χ2v) is 12.6. The number of aryl methyl sites for hydroxylation is 3. The minimum atomic E-state index is -0.926. The Hall–Kier alpha value is -3.06. The molecule has 1 saturated carbocycles. The van der Waals surface area contributed by atoms with E-state index in [1.165, 1.54) is 0 Å². The van der Waals surface area contributed by atoms with Gasteiger partial charge in [-0.25, -0.2) is 4.79 Å². The van der Waals surface area contributed by atoms with Crippen LogP contribution >= 0.6 is 11.6 Å². The van der Waals surface area contributed by atoms with Gasteiger partial charge in [0, 0.05) is 6.04 Å². The van der Waals surface area contributed by atoms with E-state index in [4.69, 9.17) is 16.3 Å². The molecule has 3 rings (SSSR count). The fourth-order valence-electron chi connectivity index (χ4n) is 4.90. The maximum Gasteiger partial charge on any atom is 0.408 e. The van der Waals surface area contributed by atoms with Crippen molar-refractivity contribution >= 4 is 35.2 Å². The Bertz CT molecular complexity index is 1230. The fraction of sp³-hybridized carbons (Fsp3) is 0.531. The summed E-state index contributed by atoms with van der Waals surface area (Å²) in [5.74, 6) is -0.626. The molecule has 3 amide bonds. The standard InChI is InChI=1S/C32H44ClN3O4/c1-10-19(3)27(35-31(39)40-32(7,8)9)30(38)36(25-17-22(25)6)28(23-16-18(2)14-15-20(23)4)29(37)34-26-21(5)12-11-13-24(26)33/h11-16,19,22,25,27-28H,10,17H2,1-9H3,(H,34,37)(H,35,39). The molecule has 0 saturated heterocycles. The van der Waals surface area contributed by atoms with Gasteiger partial charge in [0.2, 0.25) is 5.91 Å². The smallest absolute Gasteiger partial charge is 0.408 e. The molecule has 5 atom stereocenters. The summed E-state index contributed by atoms with van der Waals surface area (Å²) in [7, 11) is 0. The molecule has 7 nitrogen and oxygen atoms in total. The van der Waals surface area contributed by atoms with Gasteiger partial charge in [0.05, 0.1) is 10.7 Å². The first-order chi connectivity index (χ1) is 18.6. The summed E-state index contributed by atoms with van der Waals surface area (Å²) in [6, 6.07) is 9.42. The molecule has 2 aromatic rings. The summed E-state index contributed by atoms with van der Waals surface area (Å²) in [6.07, 6.45) is 0.763. The van der Waals surface area contributed by atoms with E-state index in [0.717, 1.165) is 28.7 Å². The third kappa shape index (κ3) is 7.57. The SMILES string of the molecule is CCC(C)C(NC(=O)OC(C)(C)C)C(=O)N(C(C(=O)Nc1c(C)cccc1Cl)c1cc(C)ccc1C)C1CC1C. The second-order valence-electron chi connectivity index (χ2n) is 12.2. The van der Waals surface area contributed by atoms with Crippen molar-refractivity contribution in [3.63, 3.8) is 0 Å². The molecule has 1 aliphatic rings. The number of ether oxygens (including phenoxy) is 1. The lowest BCUT2D eigenvalue weighted by Crippen LogP contribution is -2.55. The molecule has 0 aliphatic heterocycles. The Morgan fingerprint density at radius 2 is 1.75 bits per heavy atom. The van der Waals surface area contributed by atoms with Crippen molar-refractivity contribution in [2.24, 2.45) is 11.8 Å². The number of alkyl carbamates (subject to hydrolysis) is 1. The third-order valence-corrected chi connectivity index (χ3v) is 7.87. The molecule has 2 aromatic carbocycles. The molecule has 0 aromatic heterocycles. The molecule has 0 spiro atoms. The number of benzene rings is 2. The minimum absolute atomic E-state index is 0.150. The van der Waals surface area contributed by atoms with E-state index in [9.17, 15) is 14.4 Å². The van der Waals surface area contributed by atoms with Crippen LogP contribution < -0.4 is 10.6 Å². The summed E-state index contributed by atoms with van der Waals surface area (Å²) in [5, 5.41) is 6.30. The van der Waals surface area contributed by atoms with Crippen molar-refractivity contribution in [3.05, 3.63) is 63.7 Å². The number of rotatable bonds is 9. The van der Waals surface area contributed by atoms with Gasteiger partial charge >= 0.3 is 6.09 Å². The van der Waals surface area contributed by atoms with Gasteiger partial charge in [-0.15, -0.1) is 0 Å². The Morgan fingerprint density at radius 3 is 2.30 bits per heavy atom. The number of amides is 3. The van der Waals surface area contributed by atoms with Crippen LogP contribution in [0.15, 0.2) is 36.4 Å². The topological polar surface area (TPSA) is 87.7 Å².